The van der Waals surface area contributed by atoms with Crippen LogP contribution < -0.4 is 36.6 Å². The maximum atomic E-state index is 16.1. The molecular weight excluding hydrogens is 1060 g/mol. The third-order valence-electron chi connectivity index (χ3n) is 14.7. The lowest BCUT2D eigenvalue weighted by atomic mass is 9.85. The topological polar surface area (TPSA) is 258 Å². The number of nitrogens with zero attached hydrogens (tertiary/aromatic N) is 3. The van der Waals surface area contributed by atoms with Crippen LogP contribution in [-0.4, -0.2) is 112 Å². The molecule has 19 nitrogen and oxygen atoms in total. The van der Waals surface area contributed by atoms with E-state index in [-0.39, 0.29) is 63.3 Å². The van der Waals surface area contributed by atoms with Gasteiger partial charge in [0, 0.05) is 32.6 Å². The molecule has 0 saturated carbocycles. The molecule has 7 atom stereocenters. The molecule has 1 fully saturated rings. The number of aromatic nitrogens is 1. The van der Waals surface area contributed by atoms with Crippen LogP contribution in [0.1, 0.15) is 141 Å². The molecule has 3 aliphatic heterocycles. The Morgan fingerprint density at radius 2 is 1.58 bits per heavy atom. The summed E-state index contributed by atoms with van der Waals surface area (Å²) >= 11 is 1.55. The van der Waals surface area contributed by atoms with Gasteiger partial charge in [0.1, 0.15) is 42.5 Å². The van der Waals surface area contributed by atoms with Crippen molar-refractivity contribution >= 4 is 64.5 Å². The molecule has 1 aromatic heterocycles. The Kier molecular flexibility index (Phi) is 20.0. The fourth-order valence-electron chi connectivity index (χ4n) is 10.6. The molecule has 0 radical (unpaired) electrons. The molecule has 3 aromatic carbocycles. The Labute approximate surface area is 477 Å². The molecular formula is C60H77FN8O11S. The van der Waals surface area contributed by atoms with Crippen LogP contribution in [0.15, 0.2) is 66.2 Å². The first kappa shape index (κ1) is 61.2. The quantitative estimate of drug-likeness (QED) is 0.0386. The number of unbranched alkanes of at least 4 members (excludes halogenated alkanes) is 2. The number of hydrogen-bond donors (Lipinski definition) is 5. The lowest BCUT2D eigenvalue weighted by molar-refractivity contribution is -0.147. The molecule has 0 spiro atoms. The lowest BCUT2D eigenvalue weighted by Gasteiger charge is -2.35. The second kappa shape index (κ2) is 26.4. The predicted molar refractivity (Wildman–Crippen MR) is 303 cm³/mol. The SMILES string of the molecule is CC(=O)O[C@@H]1C[C@@H](C(=O)NC(C)c2ccc(-c3scnc3C)cc2)N(C(=O)C(NC(=O)CCCCCc2cccc(OCC(CCC(N)=O)NC(=O)[C@@H]3Cc4cccc5c4N3C(=O)[C@@H](NC(=O)OC(C)(C)C)CC5)c2F)C(C)(C)C)C1. The van der Waals surface area contributed by atoms with E-state index < -0.39 is 101 Å². The van der Waals surface area contributed by atoms with Gasteiger partial charge in [-0.05, 0) is 112 Å². The number of nitrogens with two attached hydrogens (primary N) is 1. The van der Waals surface area contributed by atoms with Gasteiger partial charge in [-0.2, -0.15) is 0 Å². The van der Waals surface area contributed by atoms with Gasteiger partial charge in [-0.25, -0.2) is 14.2 Å². The molecule has 0 bridgehead atoms. The third kappa shape index (κ3) is 15.9. The van der Waals surface area contributed by atoms with Crippen molar-refractivity contribution in [2.45, 2.75) is 181 Å². The van der Waals surface area contributed by atoms with Gasteiger partial charge in [-0.1, -0.05) is 81.8 Å². The summed E-state index contributed by atoms with van der Waals surface area (Å²) in [5, 5.41) is 11.6. The van der Waals surface area contributed by atoms with E-state index in [9.17, 15) is 38.4 Å². The Morgan fingerprint density at radius 3 is 2.25 bits per heavy atom. The van der Waals surface area contributed by atoms with Crippen molar-refractivity contribution in [2.75, 3.05) is 18.1 Å². The van der Waals surface area contributed by atoms with Crippen molar-refractivity contribution in [2.24, 2.45) is 11.1 Å². The number of alkyl carbamates (subject to hydrolysis) is 1. The highest BCUT2D eigenvalue weighted by Crippen LogP contribution is 2.39. The maximum absolute atomic E-state index is 16.1. The number of thiazole rings is 1. The zero-order valence-corrected chi connectivity index (χ0v) is 48.6. The van der Waals surface area contributed by atoms with Crippen LogP contribution in [0.25, 0.3) is 10.4 Å². The van der Waals surface area contributed by atoms with Gasteiger partial charge in [-0.3, -0.25) is 38.5 Å². The van der Waals surface area contributed by atoms with Crippen LogP contribution in [0.3, 0.4) is 0 Å². The number of ether oxygens (including phenoxy) is 3. The average Bonchev–Trinajstić information content (AvgIpc) is 4.34. The Bertz CT molecular complexity index is 2970. The van der Waals surface area contributed by atoms with Crippen LogP contribution in [0.5, 0.6) is 5.75 Å². The molecule has 6 N–H and O–H groups in total. The molecule has 4 aromatic rings. The van der Waals surface area contributed by atoms with E-state index in [1.54, 1.807) is 49.8 Å². The number of likely N-dealkylation sites (tertiary alicyclic amines) is 1. The highest BCUT2D eigenvalue weighted by Gasteiger charge is 2.47. The number of primary amides is 1. The van der Waals surface area contributed by atoms with Gasteiger partial charge < -0.3 is 46.1 Å². The largest absolute Gasteiger partial charge is 0.488 e. The molecule has 3 unspecified atom stereocenters. The van der Waals surface area contributed by atoms with Gasteiger partial charge in [0.15, 0.2) is 11.6 Å². The minimum Gasteiger partial charge on any atom is -0.488 e. The van der Waals surface area contributed by atoms with E-state index in [2.05, 4.69) is 26.3 Å². The van der Waals surface area contributed by atoms with E-state index in [1.165, 1.54) is 22.8 Å². The van der Waals surface area contributed by atoms with Crippen molar-refractivity contribution in [1.82, 2.24) is 31.2 Å². The molecule has 1 saturated heterocycles. The van der Waals surface area contributed by atoms with E-state index in [0.29, 0.717) is 43.4 Å². The Morgan fingerprint density at radius 1 is 0.877 bits per heavy atom. The summed E-state index contributed by atoms with van der Waals surface area (Å²) < 4.78 is 33.0. The Balaban J connectivity index is 0.919. The summed E-state index contributed by atoms with van der Waals surface area (Å²) in [7, 11) is 0. The number of esters is 1. The van der Waals surface area contributed by atoms with Crippen LogP contribution in [0.2, 0.25) is 0 Å². The van der Waals surface area contributed by atoms with E-state index >= 15 is 4.39 Å². The summed E-state index contributed by atoms with van der Waals surface area (Å²) in [6, 6.07) is 13.0. The first-order valence-electron chi connectivity index (χ1n) is 27.8. The monoisotopic (exact) mass is 1140 g/mol. The van der Waals surface area contributed by atoms with Crippen LogP contribution in [0.4, 0.5) is 14.9 Å². The fourth-order valence-corrected chi connectivity index (χ4v) is 11.4. The van der Waals surface area contributed by atoms with Crippen molar-refractivity contribution in [3.63, 3.8) is 0 Å². The first-order chi connectivity index (χ1) is 38.3. The van der Waals surface area contributed by atoms with Gasteiger partial charge in [-0.15, -0.1) is 11.3 Å². The average molecular weight is 1140 g/mol. The molecule has 3 aliphatic rings. The molecule has 81 heavy (non-hydrogen) atoms. The number of halogens is 1. The third-order valence-corrected chi connectivity index (χ3v) is 15.7. The summed E-state index contributed by atoms with van der Waals surface area (Å²) in [4.78, 5) is 116. The van der Waals surface area contributed by atoms with Gasteiger partial charge in [0.2, 0.25) is 35.4 Å². The van der Waals surface area contributed by atoms with Gasteiger partial charge >= 0.3 is 12.1 Å². The van der Waals surface area contributed by atoms with E-state index in [0.717, 1.165) is 32.8 Å². The van der Waals surface area contributed by atoms with Crippen molar-refractivity contribution < 1.29 is 57.0 Å². The standard InChI is InChI=1S/C60H77FN8O11S/c1-34(37-21-23-40(24-22-37)52-35(2)63-33-81-52)64-54(73)45-30-43(79-36(3)70)31-68(45)57(76)53(59(4,5)6)67-49(72)20-12-10-11-15-38-16-14-19-47(50(38)61)78-32-42(26-28-48(62)71)65-55(74)46-29-41-18-13-17-39-25-27-44(56(75)69(46)51(39)41)66-58(77)80-60(7,8)9/h13-14,16-19,21-24,33-34,42-46,53H,10-12,15,20,25-32H2,1-9H3,(H2,62,71)(H,64,73)(H,65,74)(H,66,77)(H,67,72)/t34?,42?,43-,44+,45+,46+,53?/m1/s1. The highest BCUT2D eigenvalue weighted by atomic mass is 32.1. The number of carbonyl (C=O) groups excluding carboxylic acids is 8. The number of aryl methyl sites for hydroxylation is 3. The number of rotatable bonds is 22. The normalized spacial score (nSPS) is 18.9. The fraction of sp³-hybridized carbons (Fsp3) is 0.517. The number of anilines is 1. The highest BCUT2D eigenvalue weighted by molar-refractivity contribution is 7.13. The molecule has 4 heterocycles. The van der Waals surface area contributed by atoms with Crippen molar-refractivity contribution in [1.29, 1.82) is 0 Å². The molecule has 7 amide bonds. The second-order valence-corrected chi connectivity index (χ2v) is 24.2. The first-order valence-corrected chi connectivity index (χ1v) is 28.7. The molecule has 7 rings (SSSR count). The number of carbonyl (C=O) groups is 8. The number of hydrogen-bond acceptors (Lipinski definition) is 13. The molecule has 436 valence electrons. The number of benzene rings is 3. The number of nitrogens with one attached hydrogen (secondary N) is 4. The summed E-state index contributed by atoms with van der Waals surface area (Å²) in [6.45, 7) is 15.4. The van der Waals surface area contributed by atoms with Gasteiger partial charge in [0.05, 0.1) is 40.4 Å². The second-order valence-electron chi connectivity index (χ2n) is 23.4. The summed E-state index contributed by atoms with van der Waals surface area (Å²) in [5.41, 5.74) is 11.2. The van der Waals surface area contributed by atoms with Gasteiger partial charge in [0.25, 0.3) is 0 Å². The Hall–Kier alpha value is -7.42. The molecule has 0 aliphatic carbocycles. The maximum Gasteiger partial charge on any atom is 0.408 e. The van der Waals surface area contributed by atoms with E-state index in [4.69, 9.17) is 19.9 Å². The van der Waals surface area contributed by atoms with Crippen molar-refractivity contribution in [3.8, 4) is 16.2 Å². The van der Waals surface area contributed by atoms with Crippen LogP contribution in [-0.2, 0) is 62.3 Å². The van der Waals surface area contributed by atoms with E-state index in [1.807, 2.05) is 77.1 Å². The minimum absolute atomic E-state index is 0.0241. The zero-order chi connectivity index (χ0) is 58.9. The summed E-state index contributed by atoms with van der Waals surface area (Å²) in [5.74, 6) is -4.06. The van der Waals surface area contributed by atoms with Crippen LogP contribution >= 0.6 is 11.3 Å². The lowest BCUT2D eigenvalue weighted by Crippen LogP contribution is -2.57. The van der Waals surface area contributed by atoms with Crippen molar-refractivity contribution in [3.05, 3.63) is 99.9 Å². The number of amides is 7. The predicted octanol–water partition coefficient (Wildman–Crippen LogP) is 7.23. The smallest absolute Gasteiger partial charge is 0.408 e. The molecule has 21 heteroatoms. The summed E-state index contributed by atoms with van der Waals surface area (Å²) in [6.07, 6.45) is 1.41. The zero-order valence-electron chi connectivity index (χ0n) is 47.8. The number of para-hydroxylation sites is 1. The van der Waals surface area contributed by atoms with Crippen LogP contribution in [0, 0.1) is 18.2 Å². The minimum atomic E-state index is -1.02.